The van der Waals surface area contributed by atoms with E-state index in [0.29, 0.717) is 26.2 Å². The lowest BCUT2D eigenvalue weighted by molar-refractivity contribution is 0.131. The molecule has 26 heavy (non-hydrogen) atoms. The Morgan fingerprint density at radius 2 is 1.54 bits per heavy atom. The molecule has 0 N–H and O–H groups in total. The van der Waals surface area contributed by atoms with Gasteiger partial charge in [0.1, 0.15) is 6.61 Å². The van der Waals surface area contributed by atoms with Gasteiger partial charge in [-0.15, -0.1) is 0 Å². The van der Waals surface area contributed by atoms with Gasteiger partial charge in [0.15, 0.2) is 0 Å². The van der Waals surface area contributed by atoms with Crippen LogP contribution in [0.3, 0.4) is 0 Å². The van der Waals surface area contributed by atoms with Gasteiger partial charge in [-0.05, 0) is 25.0 Å². The van der Waals surface area contributed by atoms with Crippen LogP contribution in [0.4, 0.5) is 0 Å². The predicted molar refractivity (Wildman–Crippen MR) is 104 cm³/mol. The Morgan fingerprint density at radius 3 is 2.12 bits per heavy atom. The fourth-order valence-electron chi connectivity index (χ4n) is 2.58. The first-order chi connectivity index (χ1) is 12.7. The van der Waals surface area contributed by atoms with Crippen molar-refractivity contribution in [2.45, 2.75) is 32.5 Å². The molecule has 0 aliphatic heterocycles. The second-order valence-corrected chi connectivity index (χ2v) is 7.80. The van der Waals surface area contributed by atoms with Crippen molar-refractivity contribution in [1.29, 1.82) is 0 Å². The van der Waals surface area contributed by atoms with Crippen LogP contribution in [0.2, 0.25) is 0 Å². The minimum Gasteiger partial charge on any atom is -0.391 e. The van der Waals surface area contributed by atoms with Crippen molar-refractivity contribution in [1.82, 2.24) is 0 Å². The second-order valence-electron chi connectivity index (χ2n) is 5.58. The minimum atomic E-state index is -3.30. The van der Waals surface area contributed by atoms with Crippen LogP contribution in [0.25, 0.3) is 0 Å². The lowest BCUT2D eigenvalue weighted by atomic mass is 10.1. The fraction of sp³-hybridized carbons (Fsp3) is 0.350. The van der Waals surface area contributed by atoms with Crippen LogP contribution in [0.15, 0.2) is 65.8 Å². The van der Waals surface area contributed by atoms with Crippen LogP contribution >= 0.6 is 7.60 Å². The van der Waals surface area contributed by atoms with E-state index >= 15 is 0 Å². The van der Waals surface area contributed by atoms with Crippen LogP contribution in [0.5, 0.6) is 0 Å². The smallest absolute Gasteiger partial charge is 0.338 e. The Labute approximate surface area is 155 Å². The molecule has 5 nitrogen and oxygen atoms in total. The number of hydrogen-bond donors (Lipinski definition) is 0. The van der Waals surface area contributed by atoms with Gasteiger partial charge < -0.3 is 13.9 Å². The Kier molecular flexibility index (Phi) is 8.56. The SMILES string of the molecule is CCOP(=O)(OCC)C(C/C=N/OCc1ccccc1)c1ccccc1. The number of benzene rings is 2. The molecule has 0 fully saturated rings. The summed E-state index contributed by atoms with van der Waals surface area (Å²) in [4.78, 5) is 5.34. The van der Waals surface area contributed by atoms with Crippen LogP contribution < -0.4 is 0 Å². The summed E-state index contributed by atoms with van der Waals surface area (Å²) in [5, 5.41) is 4.01. The van der Waals surface area contributed by atoms with Crippen molar-refractivity contribution in [3.63, 3.8) is 0 Å². The van der Waals surface area contributed by atoms with Crippen LogP contribution in [-0.4, -0.2) is 19.4 Å². The van der Waals surface area contributed by atoms with Gasteiger partial charge in [-0.3, -0.25) is 4.57 Å². The van der Waals surface area contributed by atoms with Crippen molar-refractivity contribution in [2.75, 3.05) is 13.2 Å². The van der Waals surface area contributed by atoms with Crippen molar-refractivity contribution < 1.29 is 18.5 Å². The molecule has 0 aliphatic carbocycles. The Balaban J connectivity index is 2.06. The zero-order valence-electron chi connectivity index (χ0n) is 15.3. The summed E-state index contributed by atoms with van der Waals surface area (Å²) in [6.45, 7) is 4.65. The number of nitrogens with zero attached hydrogens (tertiary/aromatic N) is 1. The van der Waals surface area contributed by atoms with E-state index in [1.807, 2.05) is 74.5 Å². The molecule has 0 amide bonds. The van der Waals surface area contributed by atoms with E-state index in [1.54, 1.807) is 6.21 Å². The van der Waals surface area contributed by atoms with E-state index in [4.69, 9.17) is 13.9 Å². The van der Waals surface area contributed by atoms with E-state index in [0.717, 1.165) is 11.1 Å². The molecule has 1 unspecified atom stereocenters. The van der Waals surface area contributed by atoms with E-state index in [2.05, 4.69) is 5.16 Å². The van der Waals surface area contributed by atoms with Gasteiger partial charge in [-0.25, -0.2) is 0 Å². The highest BCUT2D eigenvalue weighted by Crippen LogP contribution is 2.62. The van der Waals surface area contributed by atoms with Gasteiger partial charge in [0.05, 0.1) is 18.9 Å². The van der Waals surface area contributed by atoms with Crippen molar-refractivity contribution in [3.8, 4) is 0 Å². The van der Waals surface area contributed by atoms with Crippen LogP contribution in [-0.2, 0) is 25.1 Å². The summed E-state index contributed by atoms with van der Waals surface area (Å²) in [7, 11) is -3.30. The zero-order valence-corrected chi connectivity index (χ0v) is 16.2. The quantitative estimate of drug-likeness (QED) is 0.292. The van der Waals surface area contributed by atoms with Gasteiger partial charge in [0.25, 0.3) is 0 Å². The molecule has 0 aromatic heterocycles. The van der Waals surface area contributed by atoms with Crippen LogP contribution in [0, 0.1) is 0 Å². The molecular formula is C20H26NO4P. The summed E-state index contributed by atoms with van der Waals surface area (Å²) < 4.78 is 24.3. The van der Waals surface area contributed by atoms with E-state index in [9.17, 15) is 4.57 Å². The summed E-state index contributed by atoms with van der Waals surface area (Å²) in [6.07, 6.45) is 2.03. The third kappa shape index (κ3) is 6.10. The molecule has 2 aromatic rings. The summed E-state index contributed by atoms with van der Waals surface area (Å²) >= 11 is 0. The Hall–Kier alpha value is -1.94. The molecule has 1 atom stereocenters. The number of oxime groups is 1. The van der Waals surface area contributed by atoms with E-state index in [-0.39, 0.29) is 0 Å². The molecule has 0 heterocycles. The van der Waals surface area contributed by atoms with Gasteiger partial charge in [0.2, 0.25) is 0 Å². The first-order valence-corrected chi connectivity index (χ1v) is 10.4. The van der Waals surface area contributed by atoms with Crippen molar-refractivity contribution in [3.05, 3.63) is 71.8 Å². The largest absolute Gasteiger partial charge is 0.391 e. The predicted octanol–water partition coefficient (Wildman–Crippen LogP) is 5.59. The summed E-state index contributed by atoms with van der Waals surface area (Å²) in [5.41, 5.74) is 1.51. The average Bonchev–Trinajstić information content (AvgIpc) is 2.66. The molecule has 0 radical (unpaired) electrons. The maximum atomic E-state index is 13.3. The molecule has 0 saturated carbocycles. The molecule has 0 bridgehead atoms. The molecule has 0 spiro atoms. The highest BCUT2D eigenvalue weighted by molar-refractivity contribution is 7.54. The number of rotatable bonds is 11. The average molecular weight is 375 g/mol. The monoisotopic (exact) mass is 375 g/mol. The maximum absolute atomic E-state index is 13.3. The highest BCUT2D eigenvalue weighted by atomic mass is 31.2. The van der Waals surface area contributed by atoms with Crippen LogP contribution in [0.1, 0.15) is 37.1 Å². The molecular weight excluding hydrogens is 349 g/mol. The molecule has 2 aromatic carbocycles. The van der Waals surface area contributed by atoms with Crippen molar-refractivity contribution >= 4 is 13.8 Å². The maximum Gasteiger partial charge on any atom is 0.338 e. The number of hydrogen-bond acceptors (Lipinski definition) is 5. The van der Waals surface area contributed by atoms with Gasteiger partial charge in [0, 0.05) is 12.6 Å². The second kappa shape index (κ2) is 10.9. The standard InChI is InChI=1S/C20H26NO4P/c1-3-24-26(22,25-4-2)20(19-13-9-6-10-14-19)15-16-21-23-17-18-11-7-5-8-12-18/h5-14,16,20H,3-4,15,17H2,1-2H3/b21-16+. The van der Waals surface area contributed by atoms with Gasteiger partial charge >= 0.3 is 7.60 Å². The summed E-state index contributed by atoms with van der Waals surface area (Å²) in [6, 6.07) is 19.4. The molecule has 0 aliphatic rings. The summed E-state index contributed by atoms with van der Waals surface area (Å²) in [5.74, 6) is 0. The van der Waals surface area contributed by atoms with E-state index in [1.165, 1.54) is 0 Å². The minimum absolute atomic E-state index is 0.322. The third-order valence-corrected chi connectivity index (χ3v) is 6.24. The van der Waals surface area contributed by atoms with Gasteiger partial charge in [-0.1, -0.05) is 65.8 Å². The lowest BCUT2D eigenvalue weighted by Crippen LogP contribution is -2.08. The highest BCUT2D eigenvalue weighted by Gasteiger charge is 2.36. The first-order valence-electron chi connectivity index (χ1n) is 8.81. The molecule has 2 rings (SSSR count). The zero-order chi connectivity index (χ0) is 18.7. The fourth-order valence-corrected chi connectivity index (χ4v) is 4.63. The molecule has 6 heteroatoms. The lowest BCUT2D eigenvalue weighted by Gasteiger charge is -2.25. The van der Waals surface area contributed by atoms with Crippen molar-refractivity contribution in [2.24, 2.45) is 5.16 Å². The third-order valence-electron chi connectivity index (χ3n) is 3.74. The van der Waals surface area contributed by atoms with E-state index < -0.39 is 13.3 Å². The molecule has 0 saturated heterocycles. The normalized spacial score (nSPS) is 13.0. The Bertz CT molecular complexity index is 696. The Morgan fingerprint density at radius 1 is 0.962 bits per heavy atom. The van der Waals surface area contributed by atoms with Gasteiger partial charge in [-0.2, -0.15) is 0 Å². The topological polar surface area (TPSA) is 57.1 Å². The first kappa shape index (κ1) is 20.4. The molecule has 140 valence electrons.